The quantitative estimate of drug-likeness (QED) is 0.838. The Hall–Kier alpha value is -0.880. The molecule has 5 nitrogen and oxygen atoms in total. The van der Waals surface area contributed by atoms with Crippen LogP contribution in [0.2, 0.25) is 0 Å². The van der Waals surface area contributed by atoms with Gasteiger partial charge in [0.05, 0.1) is 0 Å². The average Bonchev–Trinajstić information content (AvgIpc) is 2.13. The predicted octanol–water partition coefficient (Wildman–Crippen LogP) is 1.12. The summed E-state index contributed by atoms with van der Waals surface area (Å²) in [5.74, 6) is -0.0559. The lowest BCUT2D eigenvalue weighted by atomic mass is 10.1. The second-order valence-electron chi connectivity index (χ2n) is 3.27. The molecule has 14 heavy (non-hydrogen) atoms. The molecule has 1 rings (SSSR count). The largest absolute Gasteiger partial charge is 0.492 e. The minimum Gasteiger partial charge on any atom is -0.492 e. The summed E-state index contributed by atoms with van der Waals surface area (Å²) in [4.78, 5) is 17.6. The van der Waals surface area contributed by atoms with Gasteiger partial charge in [-0.1, -0.05) is 0 Å². The number of nitrogens with zero attached hydrogens (tertiary/aromatic N) is 1. The minimum atomic E-state index is -0.739. The van der Waals surface area contributed by atoms with Gasteiger partial charge in [0.2, 0.25) is 5.88 Å². The zero-order valence-corrected chi connectivity index (χ0v) is 9.67. The van der Waals surface area contributed by atoms with Gasteiger partial charge in [0, 0.05) is 7.11 Å². The number of rotatable bonds is 2. The van der Waals surface area contributed by atoms with E-state index < -0.39 is 11.2 Å². The van der Waals surface area contributed by atoms with E-state index in [9.17, 15) is 9.90 Å². The normalized spacial score (nSPS) is 11.7. The lowest BCUT2D eigenvalue weighted by Crippen LogP contribution is -2.26. The van der Waals surface area contributed by atoms with E-state index in [-0.39, 0.29) is 16.2 Å². The zero-order chi connectivity index (χ0) is 10.9. The van der Waals surface area contributed by atoms with Crippen molar-refractivity contribution in [2.75, 3.05) is 7.11 Å². The van der Waals surface area contributed by atoms with E-state index in [0.29, 0.717) is 0 Å². The maximum Gasteiger partial charge on any atom is 0.269 e. The van der Waals surface area contributed by atoms with Crippen molar-refractivity contribution in [3.63, 3.8) is 0 Å². The molecule has 78 valence electrons. The lowest BCUT2D eigenvalue weighted by Gasteiger charge is -2.21. The molecule has 0 aliphatic rings. The van der Waals surface area contributed by atoms with E-state index in [2.05, 4.69) is 25.9 Å². The van der Waals surface area contributed by atoms with Crippen LogP contribution in [0.4, 0.5) is 0 Å². The van der Waals surface area contributed by atoms with Crippen molar-refractivity contribution in [3.05, 3.63) is 20.7 Å². The Morgan fingerprint density at radius 3 is 2.57 bits per heavy atom. The van der Waals surface area contributed by atoms with Crippen LogP contribution in [0, 0.1) is 0 Å². The molecule has 0 aliphatic carbocycles. The first kappa shape index (κ1) is 11.2. The van der Waals surface area contributed by atoms with E-state index in [4.69, 9.17) is 4.74 Å². The molecule has 1 aromatic heterocycles. The van der Waals surface area contributed by atoms with E-state index in [1.807, 2.05) is 0 Å². The number of halogens is 1. The molecular weight excluding hydrogens is 252 g/mol. The molecule has 0 amide bonds. The number of methoxy groups -OCH3 is 1. The third-order valence-corrected chi connectivity index (χ3v) is 2.64. The van der Waals surface area contributed by atoms with Crippen LogP contribution in [0.25, 0.3) is 0 Å². The summed E-state index contributed by atoms with van der Waals surface area (Å²) in [5.41, 5.74) is -1.17. The van der Waals surface area contributed by atoms with Crippen molar-refractivity contribution < 1.29 is 9.84 Å². The second kappa shape index (κ2) is 3.70. The van der Waals surface area contributed by atoms with E-state index in [1.54, 1.807) is 13.8 Å². The first-order valence-electron chi connectivity index (χ1n) is 3.93. The summed E-state index contributed by atoms with van der Waals surface area (Å²) in [5, 5.41) is 9.31. The third-order valence-electron chi connectivity index (χ3n) is 1.93. The van der Waals surface area contributed by atoms with Gasteiger partial charge < -0.3 is 14.8 Å². The third kappa shape index (κ3) is 1.96. The van der Waals surface area contributed by atoms with Gasteiger partial charge in [-0.15, -0.1) is 0 Å². The summed E-state index contributed by atoms with van der Waals surface area (Å²) < 4.78 is 5.14. The number of aromatic nitrogens is 2. The van der Waals surface area contributed by atoms with Gasteiger partial charge in [0.15, 0.2) is 0 Å². The second-order valence-corrected chi connectivity index (χ2v) is 4.06. The van der Waals surface area contributed by atoms with Crippen LogP contribution in [0.1, 0.15) is 19.7 Å². The number of nitrogens with one attached hydrogen (secondary N) is 1. The van der Waals surface area contributed by atoms with Crippen LogP contribution >= 0.6 is 15.9 Å². The molecule has 0 spiro atoms. The monoisotopic (exact) mass is 262 g/mol. The lowest BCUT2D eigenvalue weighted by molar-refractivity contribution is 0.0107. The number of hydrogen-bond acceptors (Lipinski definition) is 4. The minimum absolute atomic E-state index is 0.0214. The highest BCUT2D eigenvalue weighted by Gasteiger charge is 2.24. The van der Waals surface area contributed by atoms with E-state index in [0.717, 1.165) is 0 Å². The van der Waals surface area contributed by atoms with Crippen molar-refractivity contribution in [1.82, 2.24) is 9.97 Å². The Morgan fingerprint density at radius 2 is 2.14 bits per heavy atom. The van der Waals surface area contributed by atoms with Crippen molar-refractivity contribution >= 4 is 15.9 Å². The topological polar surface area (TPSA) is 75.2 Å². The van der Waals surface area contributed by atoms with Gasteiger partial charge >= 0.3 is 0 Å². The Bertz CT molecular complexity index is 400. The molecule has 2 N–H and O–H groups in total. The summed E-state index contributed by atoms with van der Waals surface area (Å²) in [7, 11) is 1.50. The molecule has 0 saturated carbocycles. The SMILES string of the molecule is COC(C)(C)c1nc(O)c(Br)c(=O)[nH]1. The molecule has 0 radical (unpaired) electrons. The van der Waals surface area contributed by atoms with Crippen molar-refractivity contribution in [1.29, 1.82) is 0 Å². The molecule has 0 bridgehead atoms. The summed E-state index contributed by atoms with van der Waals surface area (Å²) >= 11 is 2.90. The molecule has 1 aromatic rings. The molecule has 0 aliphatic heterocycles. The highest BCUT2D eigenvalue weighted by Crippen LogP contribution is 2.23. The molecule has 0 aromatic carbocycles. The van der Waals surface area contributed by atoms with Crippen LogP contribution in [0.5, 0.6) is 5.88 Å². The smallest absolute Gasteiger partial charge is 0.269 e. The summed E-state index contributed by atoms with van der Waals surface area (Å²) in [6, 6.07) is 0. The molecule has 0 fully saturated rings. The van der Waals surface area contributed by atoms with Gasteiger partial charge in [-0.2, -0.15) is 4.98 Å². The van der Waals surface area contributed by atoms with Crippen LogP contribution in [-0.2, 0) is 10.3 Å². The fourth-order valence-corrected chi connectivity index (χ4v) is 1.02. The number of ether oxygens (including phenoxy) is 1. The maximum atomic E-state index is 11.3. The number of hydrogen-bond donors (Lipinski definition) is 2. The van der Waals surface area contributed by atoms with E-state index >= 15 is 0 Å². The predicted molar refractivity (Wildman–Crippen MR) is 54.3 cm³/mol. The molecule has 0 saturated heterocycles. The first-order valence-corrected chi connectivity index (χ1v) is 4.72. The fourth-order valence-electron chi connectivity index (χ4n) is 0.829. The van der Waals surface area contributed by atoms with Crippen LogP contribution in [0.3, 0.4) is 0 Å². The van der Waals surface area contributed by atoms with Crippen molar-refractivity contribution in [2.24, 2.45) is 0 Å². The Balaban J connectivity index is 3.33. The standard InChI is InChI=1S/C8H11BrN2O3/c1-8(2,14-3)7-10-5(12)4(9)6(13)11-7/h1-3H3,(H2,10,11,12,13). The highest BCUT2D eigenvalue weighted by atomic mass is 79.9. The van der Waals surface area contributed by atoms with Crippen LogP contribution in [-0.4, -0.2) is 22.2 Å². The fraction of sp³-hybridized carbons (Fsp3) is 0.500. The van der Waals surface area contributed by atoms with Crippen molar-refractivity contribution in [2.45, 2.75) is 19.4 Å². The zero-order valence-electron chi connectivity index (χ0n) is 8.09. The van der Waals surface area contributed by atoms with Gasteiger partial charge in [0.1, 0.15) is 15.9 Å². The molecule has 0 unspecified atom stereocenters. The Kier molecular flexibility index (Phi) is 2.96. The number of aromatic amines is 1. The maximum absolute atomic E-state index is 11.3. The van der Waals surface area contributed by atoms with Crippen LogP contribution < -0.4 is 5.56 Å². The molecule has 6 heteroatoms. The number of H-pyrrole nitrogens is 1. The summed E-state index contributed by atoms with van der Waals surface area (Å²) in [6.45, 7) is 3.47. The molecular formula is C8H11BrN2O3. The molecule has 0 atom stereocenters. The van der Waals surface area contributed by atoms with Crippen LogP contribution in [0.15, 0.2) is 9.27 Å². The van der Waals surface area contributed by atoms with Gasteiger partial charge in [0.25, 0.3) is 5.56 Å². The van der Waals surface area contributed by atoms with Gasteiger partial charge in [-0.3, -0.25) is 4.79 Å². The first-order chi connectivity index (χ1) is 6.38. The highest BCUT2D eigenvalue weighted by molar-refractivity contribution is 9.10. The Labute approximate surface area is 89.3 Å². The molecule has 1 heterocycles. The van der Waals surface area contributed by atoms with E-state index in [1.165, 1.54) is 7.11 Å². The Morgan fingerprint density at radius 1 is 1.57 bits per heavy atom. The number of aromatic hydroxyl groups is 1. The van der Waals surface area contributed by atoms with Crippen molar-refractivity contribution in [3.8, 4) is 5.88 Å². The average molecular weight is 263 g/mol. The van der Waals surface area contributed by atoms with Gasteiger partial charge in [-0.05, 0) is 29.8 Å². The summed E-state index contributed by atoms with van der Waals surface area (Å²) in [6.07, 6.45) is 0. The van der Waals surface area contributed by atoms with Gasteiger partial charge in [-0.25, -0.2) is 0 Å².